The van der Waals surface area contributed by atoms with E-state index in [1.165, 1.54) is 11.8 Å². The predicted molar refractivity (Wildman–Crippen MR) is 120 cm³/mol. The average molecular weight is 462 g/mol. The molecule has 178 valence electrons. The summed E-state index contributed by atoms with van der Waals surface area (Å²) in [6.07, 6.45) is 3.02. The number of nitrogens with two attached hydrogens (primary N) is 3. The zero-order valence-electron chi connectivity index (χ0n) is 18.2. The molecule has 0 aliphatic heterocycles. The summed E-state index contributed by atoms with van der Waals surface area (Å²) >= 11 is 1.50. The van der Waals surface area contributed by atoms with Gasteiger partial charge in [0.15, 0.2) is 5.96 Å². The van der Waals surface area contributed by atoms with Crippen LogP contribution < -0.4 is 33.2 Å². The molecule has 0 spiro atoms. The van der Waals surface area contributed by atoms with Crippen LogP contribution >= 0.6 is 11.8 Å². The molecular weight excluding hydrogens is 426 g/mol. The fourth-order valence-electron chi connectivity index (χ4n) is 2.46. The molecule has 0 heterocycles. The van der Waals surface area contributed by atoms with Gasteiger partial charge in [-0.05, 0) is 37.2 Å². The molecule has 0 aliphatic rings. The van der Waals surface area contributed by atoms with E-state index >= 15 is 0 Å². The van der Waals surface area contributed by atoms with Gasteiger partial charge >= 0.3 is 5.97 Å². The molecule has 0 aromatic heterocycles. The van der Waals surface area contributed by atoms with Crippen LogP contribution in [-0.2, 0) is 19.2 Å². The highest BCUT2D eigenvalue weighted by molar-refractivity contribution is 7.98. The van der Waals surface area contributed by atoms with Crippen molar-refractivity contribution in [3.63, 3.8) is 0 Å². The monoisotopic (exact) mass is 461 g/mol. The van der Waals surface area contributed by atoms with Crippen LogP contribution in [0.25, 0.3) is 0 Å². The van der Waals surface area contributed by atoms with Gasteiger partial charge in [-0.2, -0.15) is 11.8 Å². The van der Waals surface area contributed by atoms with Gasteiger partial charge < -0.3 is 38.3 Å². The number of aliphatic carboxylic acids is 1. The SMILES string of the molecule is CSCCC(NC(=O)C(N)CCCN=C(N)N)C(=O)NCC(=O)NC(C(=O)O)C(C)C. The van der Waals surface area contributed by atoms with E-state index in [0.717, 1.165) is 0 Å². The van der Waals surface area contributed by atoms with Gasteiger partial charge in [-0.3, -0.25) is 19.4 Å². The average Bonchev–Trinajstić information content (AvgIpc) is 2.69. The number of hydrogen-bond acceptors (Lipinski definition) is 7. The van der Waals surface area contributed by atoms with Gasteiger partial charge in [0, 0.05) is 6.54 Å². The van der Waals surface area contributed by atoms with Crippen molar-refractivity contribution in [1.82, 2.24) is 16.0 Å². The molecule has 0 bridgehead atoms. The molecule has 0 saturated carbocycles. The first-order valence-electron chi connectivity index (χ1n) is 9.89. The maximum atomic E-state index is 12.5. The Morgan fingerprint density at radius 1 is 1.06 bits per heavy atom. The van der Waals surface area contributed by atoms with Crippen LogP contribution in [0.5, 0.6) is 0 Å². The first-order valence-corrected chi connectivity index (χ1v) is 11.3. The van der Waals surface area contributed by atoms with Crippen LogP contribution in [0.15, 0.2) is 4.99 Å². The lowest BCUT2D eigenvalue weighted by Crippen LogP contribution is -2.54. The minimum absolute atomic E-state index is 0.0427. The van der Waals surface area contributed by atoms with Crippen molar-refractivity contribution in [2.45, 2.75) is 51.2 Å². The highest BCUT2D eigenvalue weighted by Gasteiger charge is 2.26. The second kappa shape index (κ2) is 15.3. The van der Waals surface area contributed by atoms with Crippen LogP contribution in [0.1, 0.15) is 33.1 Å². The van der Waals surface area contributed by atoms with Gasteiger partial charge in [0.1, 0.15) is 12.1 Å². The number of carboxylic acids is 1. The van der Waals surface area contributed by atoms with Gasteiger partial charge in [-0.25, -0.2) is 4.79 Å². The maximum Gasteiger partial charge on any atom is 0.326 e. The van der Waals surface area contributed by atoms with E-state index in [9.17, 15) is 19.2 Å². The highest BCUT2D eigenvalue weighted by atomic mass is 32.2. The Kier molecular flexibility index (Phi) is 14.0. The molecule has 0 aromatic rings. The summed E-state index contributed by atoms with van der Waals surface area (Å²) in [5, 5.41) is 16.5. The van der Waals surface area contributed by atoms with Crippen molar-refractivity contribution >= 4 is 41.4 Å². The number of amides is 3. The van der Waals surface area contributed by atoms with Crippen molar-refractivity contribution in [2.75, 3.05) is 25.1 Å². The zero-order valence-corrected chi connectivity index (χ0v) is 19.0. The number of nitrogens with zero attached hydrogens (tertiary/aromatic N) is 1. The number of nitrogens with one attached hydrogen (secondary N) is 3. The van der Waals surface area contributed by atoms with E-state index in [2.05, 4.69) is 20.9 Å². The molecule has 3 amide bonds. The largest absolute Gasteiger partial charge is 0.480 e. The third-order valence-corrected chi connectivity index (χ3v) is 4.86. The van der Waals surface area contributed by atoms with Gasteiger partial charge in [0.25, 0.3) is 0 Å². The summed E-state index contributed by atoms with van der Waals surface area (Å²) in [6, 6.07) is -2.78. The topological polar surface area (TPSA) is 215 Å². The maximum absolute atomic E-state index is 12.5. The van der Waals surface area contributed by atoms with Gasteiger partial charge in [-0.1, -0.05) is 13.8 Å². The Bertz CT molecular complexity index is 641. The number of carboxylic acid groups (broad SMARTS) is 1. The summed E-state index contributed by atoms with van der Waals surface area (Å²) in [4.78, 5) is 51.8. The lowest BCUT2D eigenvalue weighted by Gasteiger charge is -2.21. The number of carbonyl (C=O) groups excluding carboxylic acids is 3. The predicted octanol–water partition coefficient (Wildman–Crippen LogP) is -2.05. The number of rotatable bonds is 15. The van der Waals surface area contributed by atoms with Crippen LogP contribution in [0.3, 0.4) is 0 Å². The van der Waals surface area contributed by atoms with Crippen molar-refractivity contribution in [3.05, 3.63) is 0 Å². The lowest BCUT2D eigenvalue weighted by atomic mass is 10.0. The molecule has 0 saturated heterocycles. The molecule has 31 heavy (non-hydrogen) atoms. The molecule has 13 heteroatoms. The molecule has 0 rings (SSSR count). The zero-order chi connectivity index (χ0) is 24.0. The molecule has 10 N–H and O–H groups in total. The standard InChI is InChI=1S/C18H35N7O5S/c1-10(2)14(17(29)30)25-13(26)9-23-16(28)12(6-8-31-3)24-15(27)11(19)5-4-7-22-18(20)21/h10-12,14H,4-9,19H2,1-3H3,(H,23,28)(H,24,27)(H,25,26)(H,29,30)(H4,20,21,22). The van der Waals surface area contributed by atoms with Gasteiger partial charge in [0.2, 0.25) is 17.7 Å². The Hall–Kier alpha value is -2.54. The third-order valence-electron chi connectivity index (χ3n) is 4.22. The van der Waals surface area contributed by atoms with E-state index < -0.39 is 48.4 Å². The Labute approximate surface area is 186 Å². The summed E-state index contributed by atoms with van der Waals surface area (Å²) in [5.74, 6) is -2.62. The van der Waals surface area contributed by atoms with Crippen LogP contribution in [0.4, 0.5) is 0 Å². The molecule has 3 unspecified atom stereocenters. The number of carbonyl (C=O) groups is 4. The van der Waals surface area contributed by atoms with E-state index in [1.807, 2.05) is 6.26 Å². The first-order chi connectivity index (χ1) is 14.5. The molecule has 0 aromatic carbocycles. The fourth-order valence-corrected chi connectivity index (χ4v) is 2.93. The summed E-state index contributed by atoms with van der Waals surface area (Å²) < 4.78 is 0. The summed E-state index contributed by atoms with van der Waals surface area (Å²) in [5.41, 5.74) is 16.3. The molecule has 0 aliphatic carbocycles. The van der Waals surface area contributed by atoms with E-state index in [-0.39, 0.29) is 11.9 Å². The molecule has 12 nitrogen and oxygen atoms in total. The molecular formula is C18H35N7O5S. The lowest BCUT2D eigenvalue weighted by molar-refractivity contribution is -0.143. The first kappa shape index (κ1) is 28.5. The van der Waals surface area contributed by atoms with Crippen LogP contribution in [0, 0.1) is 5.92 Å². The van der Waals surface area contributed by atoms with Crippen molar-refractivity contribution in [2.24, 2.45) is 28.1 Å². The number of aliphatic imine (C=N–C) groups is 1. The number of guanidine groups is 1. The van der Waals surface area contributed by atoms with Gasteiger partial charge in [0.05, 0.1) is 12.6 Å². The molecule has 0 fully saturated rings. The minimum atomic E-state index is -1.16. The van der Waals surface area contributed by atoms with Crippen LogP contribution in [0.2, 0.25) is 0 Å². The number of hydrogen-bond donors (Lipinski definition) is 7. The van der Waals surface area contributed by atoms with Crippen LogP contribution in [-0.4, -0.2) is 78.0 Å². The number of thioether (sulfide) groups is 1. The Morgan fingerprint density at radius 2 is 1.71 bits per heavy atom. The minimum Gasteiger partial charge on any atom is -0.480 e. The Morgan fingerprint density at radius 3 is 2.23 bits per heavy atom. The van der Waals surface area contributed by atoms with Gasteiger partial charge in [-0.15, -0.1) is 0 Å². The highest BCUT2D eigenvalue weighted by Crippen LogP contribution is 2.04. The van der Waals surface area contributed by atoms with Crippen molar-refractivity contribution in [3.8, 4) is 0 Å². The normalized spacial score (nSPS) is 13.6. The second-order valence-electron chi connectivity index (χ2n) is 7.24. The summed E-state index contributed by atoms with van der Waals surface area (Å²) in [6.45, 7) is 3.24. The summed E-state index contributed by atoms with van der Waals surface area (Å²) in [7, 11) is 0. The van der Waals surface area contributed by atoms with Crippen molar-refractivity contribution in [1.29, 1.82) is 0 Å². The molecule has 3 atom stereocenters. The third kappa shape index (κ3) is 12.7. The quantitative estimate of drug-likeness (QED) is 0.0810. The fraction of sp³-hybridized carbons (Fsp3) is 0.722. The van der Waals surface area contributed by atoms with E-state index in [1.54, 1.807) is 13.8 Å². The van der Waals surface area contributed by atoms with Crippen molar-refractivity contribution < 1.29 is 24.3 Å². The molecule has 0 radical (unpaired) electrons. The Balaban J connectivity index is 4.74. The van der Waals surface area contributed by atoms with E-state index in [4.69, 9.17) is 22.3 Å². The van der Waals surface area contributed by atoms with E-state index in [0.29, 0.717) is 31.6 Å². The smallest absolute Gasteiger partial charge is 0.326 e. The second-order valence-corrected chi connectivity index (χ2v) is 8.23.